The number of hydrogen-bond acceptors (Lipinski definition) is 1. The van der Waals surface area contributed by atoms with Crippen molar-refractivity contribution in [3.05, 3.63) is 9.78 Å². The molecule has 0 atom stereocenters. The van der Waals surface area contributed by atoms with Gasteiger partial charge in [-0.1, -0.05) is 0 Å². The Hall–Kier alpha value is 0.270. The molecule has 0 fully saturated rings. The molecule has 0 bridgehead atoms. The Morgan fingerprint density at radius 3 is 2.31 bits per heavy atom. The molecule has 0 aromatic carbocycles. The van der Waals surface area contributed by atoms with Gasteiger partial charge in [-0.2, -0.15) is 0 Å². The van der Waals surface area contributed by atoms with Crippen molar-refractivity contribution in [3.63, 3.8) is 0 Å². The van der Waals surface area contributed by atoms with Gasteiger partial charge in [0.25, 0.3) is 0 Å². The molecule has 1 nitrogen and oxygen atoms in total. The van der Waals surface area contributed by atoms with Gasteiger partial charge in [0.15, 0.2) is 0 Å². The molecule has 13 heavy (non-hydrogen) atoms. The zero-order valence-electron chi connectivity index (χ0n) is 9.89. The van der Waals surface area contributed by atoms with Gasteiger partial charge in [0, 0.05) is 0 Å². The van der Waals surface area contributed by atoms with E-state index >= 15 is 0 Å². The van der Waals surface area contributed by atoms with E-state index in [1.54, 1.807) is 0 Å². The maximum absolute atomic E-state index is 2.48. The molecule has 0 rings (SSSR count). The second kappa shape index (κ2) is 6.68. The molecule has 2 heteroatoms. The molecule has 0 saturated carbocycles. The average Bonchev–Trinajstić information content (AvgIpc) is 1.98. The Bertz CT molecular complexity index is 161. The van der Waals surface area contributed by atoms with Crippen molar-refractivity contribution in [2.75, 3.05) is 23.5 Å². The van der Waals surface area contributed by atoms with Gasteiger partial charge in [-0.15, -0.1) is 0 Å². The summed E-state index contributed by atoms with van der Waals surface area (Å²) >= 11 is -0.690. The number of nitrogens with zero attached hydrogens (tertiary/aromatic N) is 1. The van der Waals surface area contributed by atoms with E-state index in [0.717, 1.165) is 5.92 Å². The van der Waals surface area contributed by atoms with Crippen LogP contribution >= 0.6 is 19.8 Å². The van der Waals surface area contributed by atoms with Crippen molar-refractivity contribution in [1.82, 2.24) is 4.90 Å². The van der Waals surface area contributed by atoms with Crippen molar-refractivity contribution >= 4 is 19.8 Å². The third-order valence-corrected chi connectivity index (χ3v) is 4.17. The molecule has 0 heterocycles. The van der Waals surface area contributed by atoms with Crippen LogP contribution in [0.15, 0.2) is 9.78 Å². The van der Waals surface area contributed by atoms with Gasteiger partial charge in [0.05, 0.1) is 0 Å². The van der Waals surface area contributed by atoms with E-state index in [-0.39, 0.29) is 0 Å². The van der Waals surface area contributed by atoms with E-state index in [1.807, 2.05) is 0 Å². The summed E-state index contributed by atoms with van der Waals surface area (Å²) in [7, 11) is 2.20. The molecular weight excluding hydrogens is 273 g/mol. The summed E-state index contributed by atoms with van der Waals surface area (Å²) in [6.07, 6.45) is 1.29. The molecule has 0 aliphatic carbocycles. The number of hydrogen-bond donors (Lipinski definition) is 0. The first-order valence-electron chi connectivity index (χ1n) is 4.81. The quantitative estimate of drug-likeness (QED) is 0.554. The van der Waals surface area contributed by atoms with E-state index in [4.69, 9.17) is 0 Å². The molecule has 0 aliphatic heterocycles. The SMILES string of the molecule is C/C(=C/I(C)C)N(C)CCC(C)C. The molecule has 0 aromatic rings. The number of allylic oxidation sites excluding steroid dienone is 1. The van der Waals surface area contributed by atoms with Crippen molar-refractivity contribution in [2.24, 2.45) is 5.92 Å². The van der Waals surface area contributed by atoms with Gasteiger partial charge in [-0.05, 0) is 0 Å². The summed E-state index contributed by atoms with van der Waals surface area (Å²) in [5, 5.41) is 0. The third kappa shape index (κ3) is 7.35. The Morgan fingerprint density at radius 1 is 1.38 bits per heavy atom. The van der Waals surface area contributed by atoms with Gasteiger partial charge in [-0.3, -0.25) is 0 Å². The second-order valence-corrected chi connectivity index (χ2v) is 9.44. The molecule has 0 spiro atoms. The van der Waals surface area contributed by atoms with Crippen molar-refractivity contribution in [1.29, 1.82) is 0 Å². The molecule has 0 saturated heterocycles. The van der Waals surface area contributed by atoms with E-state index in [2.05, 4.69) is 46.7 Å². The zero-order valence-corrected chi connectivity index (χ0v) is 12.1. The van der Waals surface area contributed by atoms with Gasteiger partial charge in [0.1, 0.15) is 0 Å². The van der Waals surface area contributed by atoms with Crippen LogP contribution in [0.5, 0.6) is 0 Å². The number of alkyl halides is 2. The molecular formula is C11H24IN. The van der Waals surface area contributed by atoms with Crippen molar-refractivity contribution in [2.45, 2.75) is 27.2 Å². The predicted molar refractivity (Wildman–Crippen MR) is 71.7 cm³/mol. The Balaban J connectivity index is 3.89. The van der Waals surface area contributed by atoms with Crippen LogP contribution in [0.25, 0.3) is 0 Å². The molecule has 0 aromatic heterocycles. The minimum atomic E-state index is -0.690. The molecule has 0 amide bonds. The summed E-state index contributed by atoms with van der Waals surface area (Å²) in [5.74, 6) is 0.813. The molecule has 0 N–H and O–H groups in total. The first-order valence-corrected chi connectivity index (χ1v) is 10.4. The van der Waals surface area contributed by atoms with Crippen LogP contribution in [-0.2, 0) is 0 Å². The van der Waals surface area contributed by atoms with E-state index in [0.29, 0.717) is 0 Å². The van der Waals surface area contributed by atoms with Gasteiger partial charge < -0.3 is 0 Å². The molecule has 0 aliphatic rings. The van der Waals surface area contributed by atoms with Crippen LogP contribution in [-0.4, -0.2) is 28.4 Å². The fraction of sp³-hybridized carbons (Fsp3) is 0.818. The Kier molecular flexibility index (Phi) is 6.82. The van der Waals surface area contributed by atoms with Gasteiger partial charge in [0.2, 0.25) is 0 Å². The number of rotatable bonds is 5. The summed E-state index contributed by atoms with van der Waals surface area (Å²) in [4.78, 5) is 7.14. The fourth-order valence-electron chi connectivity index (χ4n) is 1.03. The summed E-state index contributed by atoms with van der Waals surface area (Å²) in [5.41, 5.74) is 1.47. The second-order valence-electron chi connectivity index (χ2n) is 4.17. The van der Waals surface area contributed by atoms with E-state index in [1.165, 1.54) is 18.7 Å². The van der Waals surface area contributed by atoms with Crippen molar-refractivity contribution in [3.8, 4) is 0 Å². The van der Waals surface area contributed by atoms with Gasteiger partial charge in [-0.25, -0.2) is 0 Å². The van der Waals surface area contributed by atoms with Crippen LogP contribution in [0.1, 0.15) is 27.2 Å². The fourth-order valence-corrected chi connectivity index (χ4v) is 3.31. The molecule has 80 valence electrons. The minimum absolute atomic E-state index is 0.690. The maximum atomic E-state index is 2.48. The first kappa shape index (κ1) is 13.3. The number of halogens is 1. The van der Waals surface area contributed by atoms with Crippen LogP contribution in [0.3, 0.4) is 0 Å². The van der Waals surface area contributed by atoms with E-state index in [9.17, 15) is 0 Å². The predicted octanol–water partition coefficient (Wildman–Crippen LogP) is 3.59. The normalized spacial score (nSPS) is 13.5. The van der Waals surface area contributed by atoms with Gasteiger partial charge >= 0.3 is 91.1 Å². The topological polar surface area (TPSA) is 3.24 Å². The molecule has 0 unspecified atom stereocenters. The summed E-state index contributed by atoms with van der Waals surface area (Å²) in [6.45, 7) is 8.00. The molecule has 0 radical (unpaired) electrons. The van der Waals surface area contributed by atoms with Crippen molar-refractivity contribution < 1.29 is 0 Å². The monoisotopic (exact) mass is 297 g/mol. The zero-order chi connectivity index (χ0) is 10.4. The summed E-state index contributed by atoms with van der Waals surface area (Å²) in [6, 6.07) is 0. The summed E-state index contributed by atoms with van der Waals surface area (Å²) < 4.78 is 2.48. The third-order valence-electron chi connectivity index (χ3n) is 2.02. The average molecular weight is 297 g/mol. The Labute approximate surface area is 91.0 Å². The van der Waals surface area contributed by atoms with E-state index < -0.39 is 19.8 Å². The van der Waals surface area contributed by atoms with Crippen LogP contribution in [0.4, 0.5) is 0 Å². The van der Waals surface area contributed by atoms with Crippen LogP contribution in [0, 0.1) is 5.92 Å². The first-order chi connectivity index (χ1) is 5.93. The van der Waals surface area contributed by atoms with Crippen LogP contribution < -0.4 is 0 Å². The van der Waals surface area contributed by atoms with Crippen LogP contribution in [0.2, 0.25) is 0 Å². The standard InChI is InChI=1S/C11H24IN/c1-10(2)7-8-13(6)11(3)9-12(4)5/h9-10H,7-8H2,1-6H3/b11-9-. The Morgan fingerprint density at radius 2 is 1.92 bits per heavy atom.